The number of fused-ring (bicyclic) bond motifs is 1. The third kappa shape index (κ3) is 3.32. The van der Waals surface area contributed by atoms with Gasteiger partial charge in [0, 0.05) is 13.1 Å². The number of piperidine rings is 1. The number of hydrogen-bond acceptors (Lipinski definition) is 5. The molecule has 0 radical (unpaired) electrons. The van der Waals surface area contributed by atoms with Crippen LogP contribution in [0.2, 0.25) is 0 Å². The van der Waals surface area contributed by atoms with E-state index in [1.807, 2.05) is 6.07 Å². The summed E-state index contributed by atoms with van der Waals surface area (Å²) >= 11 is 0. The molecular formula is C16H19NO5. The molecule has 1 aromatic carbocycles. The predicted molar refractivity (Wildman–Crippen MR) is 77.7 cm³/mol. The van der Waals surface area contributed by atoms with E-state index in [9.17, 15) is 9.59 Å². The minimum atomic E-state index is -0.830. The van der Waals surface area contributed by atoms with Crippen LogP contribution in [0.3, 0.4) is 0 Å². The lowest BCUT2D eigenvalue weighted by Crippen LogP contribution is -2.42. The molecule has 2 aliphatic heterocycles. The van der Waals surface area contributed by atoms with Crippen molar-refractivity contribution in [1.29, 1.82) is 0 Å². The number of rotatable bonds is 3. The number of likely N-dealkylation sites (tertiary alicyclic amines) is 1. The van der Waals surface area contributed by atoms with Gasteiger partial charge in [-0.1, -0.05) is 12.1 Å². The maximum Gasteiger partial charge on any atom is 0.351 e. The Morgan fingerprint density at radius 2 is 1.86 bits per heavy atom. The molecule has 0 aromatic heterocycles. The molecule has 6 nitrogen and oxygen atoms in total. The van der Waals surface area contributed by atoms with Gasteiger partial charge in [0.2, 0.25) is 6.10 Å². The van der Waals surface area contributed by atoms with Gasteiger partial charge in [-0.2, -0.15) is 0 Å². The molecule has 2 heterocycles. The number of carbonyl (C=O) groups excluding carboxylic acids is 2. The van der Waals surface area contributed by atoms with Crippen molar-refractivity contribution in [2.75, 3.05) is 26.3 Å². The lowest BCUT2D eigenvalue weighted by molar-refractivity contribution is -0.160. The largest absolute Gasteiger partial charge is 0.485 e. The molecule has 0 spiro atoms. The molecule has 1 amide bonds. The molecule has 1 saturated heterocycles. The van der Waals surface area contributed by atoms with Crippen LogP contribution in [-0.2, 0) is 14.3 Å². The summed E-state index contributed by atoms with van der Waals surface area (Å²) in [5, 5.41) is 0. The molecule has 0 bridgehead atoms. The van der Waals surface area contributed by atoms with E-state index in [2.05, 4.69) is 0 Å². The van der Waals surface area contributed by atoms with Crippen molar-refractivity contribution in [3.63, 3.8) is 0 Å². The Hall–Kier alpha value is -2.24. The van der Waals surface area contributed by atoms with E-state index in [1.165, 1.54) is 0 Å². The van der Waals surface area contributed by atoms with Gasteiger partial charge < -0.3 is 19.1 Å². The molecule has 1 fully saturated rings. The van der Waals surface area contributed by atoms with E-state index in [0.29, 0.717) is 11.5 Å². The van der Waals surface area contributed by atoms with Crippen molar-refractivity contribution in [3.8, 4) is 11.5 Å². The second-order valence-corrected chi connectivity index (χ2v) is 5.41. The SMILES string of the molecule is O=C(OCC(=O)N1CCCCC1)C1COc2ccccc2O1. The van der Waals surface area contributed by atoms with E-state index in [-0.39, 0.29) is 19.1 Å². The molecular weight excluding hydrogens is 286 g/mol. The number of carbonyl (C=O) groups is 2. The molecule has 1 aromatic rings. The van der Waals surface area contributed by atoms with Gasteiger partial charge in [0.05, 0.1) is 0 Å². The highest BCUT2D eigenvalue weighted by molar-refractivity contribution is 5.82. The zero-order valence-electron chi connectivity index (χ0n) is 12.3. The van der Waals surface area contributed by atoms with Crippen molar-refractivity contribution in [2.24, 2.45) is 0 Å². The van der Waals surface area contributed by atoms with Crippen LogP contribution in [0.4, 0.5) is 0 Å². The van der Waals surface area contributed by atoms with Crippen LogP contribution in [0.5, 0.6) is 11.5 Å². The van der Waals surface area contributed by atoms with E-state index in [4.69, 9.17) is 14.2 Å². The van der Waals surface area contributed by atoms with Gasteiger partial charge in [0.1, 0.15) is 6.61 Å². The zero-order valence-corrected chi connectivity index (χ0v) is 12.3. The summed E-state index contributed by atoms with van der Waals surface area (Å²) < 4.78 is 16.1. The first-order valence-electron chi connectivity index (χ1n) is 7.57. The fourth-order valence-electron chi connectivity index (χ4n) is 2.60. The van der Waals surface area contributed by atoms with Crippen LogP contribution in [0.1, 0.15) is 19.3 Å². The number of hydrogen-bond donors (Lipinski definition) is 0. The summed E-state index contributed by atoms with van der Waals surface area (Å²) in [7, 11) is 0. The van der Waals surface area contributed by atoms with Crippen molar-refractivity contribution < 1.29 is 23.8 Å². The van der Waals surface area contributed by atoms with Crippen LogP contribution < -0.4 is 9.47 Å². The van der Waals surface area contributed by atoms with Gasteiger partial charge in [-0.15, -0.1) is 0 Å². The minimum absolute atomic E-state index is 0.0910. The minimum Gasteiger partial charge on any atom is -0.485 e. The summed E-state index contributed by atoms with van der Waals surface area (Å²) in [5.74, 6) is 0.402. The molecule has 3 rings (SSSR count). The Morgan fingerprint density at radius 1 is 1.14 bits per heavy atom. The Balaban J connectivity index is 1.49. The average molecular weight is 305 g/mol. The second kappa shape index (κ2) is 6.68. The second-order valence-electron chi connectivity index (χ2n) is 5.41. The maximum atomic E-state index is 12.0. The summed E-state index contributed by atoms with van der Waals surface area (Å²) in [4.78, 5) is 25.7. The number of nitrogens with zero attached hydrogens (tertiary/aromatic N) is 1. The van der Waals surface area contributed by atoms with Gasteiger partial charge >= 0.3 is 5.97 Å². The normalized spacial score (nSPS) is 20.4. The molecule has 1 unspecified atom stereocenters. The van der Waals surface area contributed by atoms with E-state index in [0.717, 1.165) is 32.4 Å². The Labute approximate surface area is 128 Å². The highest BCUT2D eigenvalue weighted by atomic mass is 16.6. The summed E-state index contributed by atoms with van der Waals surface area (Å²) in [6.45, 7) is 1.34. The molecule has 2 aliphatic rings. The van der Waals surface area contributed by atoms with Gasteiger partial charge in [-0.25, -0.2) is 4.79 Å². The molecule has 6 heteroatoms. The van der Waals surface area contributed by atoms with Crippen LogP contribution in [0, 0.1) is 0 Å². The summed E-state index contributed by atoms with van der Waals surface area (Å²) in [6.07, 6.45) is 2.34. The van der Waals surface area contributed by atoms with Crippen LogP contribution >= 0.6 is 0 Å². The fourth-order valence-corrected chi connectivity index (χ4v) is 2.60. The van der Waals surface area contributed by atoms with Crippen molar-refractivity contribution in [2.45, 2.75) is 25.4 Å². The lowest BCUT2D eigenvalue weighted by Gasteiger charge is -2.27. The molecule has 22 heavy (non-hydrogen) atoms. The summed E-state index contributed by atoms with van der Waals surface area (Å²) in [6, 6.07) is 7.14. The zero-order chi connectivity index (χ0) is 15.4. The molecule has 118 valence electrons. The number of amides is 1. The third-order valence-electron chi connectivity index (χ3n) is 3.82. The van der Waals surface area contributed by atoms with Crippen LogP contribution in [0.25, 0.3) is 0 Å². The highest BCUT2D eigenvalue weighted by Crippen LogP contribution is 2.31. The van der Waals surface area contributed by atoms with Crippen LogP contribution in [-0.4, -0.2) is 49.2 Å². The number of benzene rings is 1. The van der Waals surface area contributed by atoms with Gasteiger partial charge in [0.25, 0.3) is 5.91 Å². The maximum absolute atomic E-state index is 12.0. The Morgan fingerprint density at radius 3 is 2.64 bits per heavy atom. The topological polar surface area (TPSA) is 65.1 Å². The van der Waals surface area contributed by atoms with Gasteiger partial charge in [-0.3, -0.25) is 4.79 Å². The van der Waals surface area contributed by atoms with E-state index in [1.54, 1.807) is 23.1 Å². The standard InChI is InChI=1S/C16H19NO5/c18-15(17-8-4-1-5-9-17)11-21-16(19)14-10-20-12-6-2-3-7-13(12)22-14/h2-3,6-7,14H,1,4-5,8-11H2. The van der Waals surface area contributed by atoms with Crippen molar-refractivity contribution in [3.05, 3.63) is 24.3 Å². The molecule has 0 N–H and O–H groups in total. The Kier molecular flexibility index (Phi) is 4.46. The quantitative estimate of drug-likeness (QED) is 0.789. The number of ether oxygens (including phenoxy) is 3. The van der Waals surface area contributed by atoms with Crippen molar-refractivity contribution >= 4 is 11.9 Å². The number of esters is 1. The average Bonchev–Trinajstić information content (AvgIpc) is 2.59. The van der Waals surface area contributed by atoms with Crippen LogP contribution in [0.15, 0.2) is 24.3 Å². The predicted octanol–water partition coefficient (Wildman–Crippen LogP) is 1.38. The van der Waals surface area contributed by atoms with Gasteiger partial charge in [-0.05, 0) is 31.4 Å². The smallest absolute Gasteiger partial charge is 0.351 e. The lowest BCUT2D eigenvalue weighted by atomic mass is 10.1. The molecule has 1 atom stereocenters. The fraction of sp³-hybridized carbons (Fsp3) is 0.500. The van der Waals surface area contributed by atoms with Crippen molar-refractivity contribution in [1.82, 2.24) is 4.90 Å². The first-order valence-corrected chi connectivity index (χ1v) is 7.57. The molecule has 0 saturated carbocycles. The monoisotopic (exact) mass is 305 g/mol. The first kappa shape index (κ1) is 14.7. The third-order valence-corrected chi connectivity index (χ3v) is 3.82. The Bertz CT molecular complexity index is 553. The summed E-state index contributed by atoms with van der Waals surface area (Å²) in [5.41, 5.74) is 0. The highest BCUT2D eigenvalue weighted by Gasteiger charge is 2.29. The first-order chi connectivity index (χ1) is 10.7. The molecule has 0 aliphatic carbocycles. The van der Waals surface area contributed by atoms with E-state index < -0.39 is 12.1 Å². The number of para-hydroxylation sites is 2. The van der Waals surface area contributed by atoms with Gasteiger partial charge in [0.15, 0.2) is 18.1 Å². The van der Waals surface area contributed by atoms with E-state index >= 15 is 0 Å².